The predicted molar refractivity (Wildman–Crippen MR) is 87.1 cm³/mol. The number of morpholine rings is 1. The molecule has 0 amide bonds. The zero-order chi connectivity index (χ0) is 15.8. The number of nitrogens with zero attached hydrogens (tertiary/aromatic N) is 3. The molecule has 0 saturated carbocycles. The third-order valence-corrected chi connectivity index (χ3v) is 4.51. The Balaban J connectivity index is 2.00. The van der Waals surface area contributed by atoms with Gasteiger partial charge in [-0.3, -0.25) is 14.8 Å². The number of thiophene rings is 1. The van der Waals surface area contributed by atoms with Crippen molar-refractivity contribution in [1.29, 1.82) is 0 Å². The Morgan fingerprint density at radius 1 is 1.17 bits per heavy atom. The van der Waals surface area contributed by atoms with E-state index in [4.69, 9.17) is 4.74 Å². The van der Waals surface area contributed by atoms with Crippen LogP contribution in [0.5, 0.6) is 0 Å². The van der Waals surface area contributed by atoms with Crippen LogP contribution in [0.25, 0.3) is 21.6 Å². The van der Waals surface area contributed by atoms with Crippen LogP contribution in [0.2, 0.25) is 0 Å². The van der Waals surface area contributed by atoms with Crippen molar-refractivity contribution in [2.45, 2.75) is 0 Å². The SMILES string of the molecule is O=c1[nH]c(=O)c2c(-c3cccs3)nc(N3CCOCC3)nc2[nH]1. The van der Waals surface area contributed by atoms with Gasteiger partial charge in [-0.2, -0.15) is 4.98 Å². The summed E-state index contributed by atoms with van der Waals surface area (Å²) in [5.74, 6) is 0.491. The molecule has 3 aromatic rings. The second kappa shape index (κ2) is 5.60. The molecule has 1 aliphatic rings. The van der Waals surface area contributed by atoms with Gasteiger partial charge in [0.05, 0.1) is 18.1 Å². The molecule has 0 aromatic carbocycles. The number of nitrogens with one attached hydrogen (secondary N) is 2. The van der Waals surface area contributed by atoms with Crippen molar-refractivity contribution < 1.29 is 4.74 Å². The lowest BCUT2D eigenvalue weighted by molar-refractivity contribution is 0.122. The molecular formula is C14H13N5O3S. The first-order chi connectivity index (χ1) is 11.2. The summed E-state index contributed by atoms with van der Waals surface area (Å²) < 4.78 is 5.34. The molecule has 1 fully saturated rings. The van der Waals surface area contributed by atoms with E-state index < -0.39 is 11.2 Å². The Morgan fingerprint density at radius 3 is 2.74 bits per heavy atom. The lowest BCUT2D eigenvalue weighted by atomic mass is 10.2. The summed E-state index contributed by atoms with van der Waals surface area (Å²) >= 11 is 1.48. The fourth-order valence-corrected chi connectivity index (χ4v) is 3.28. The Labute approximate surface area is 133 Å². The van der Waals surface area contributed by atoms with Crippen LogP contribution >= 0.6 is 11.3 Å². The summed E-state index contributed by atoms with van der Waals surface area (Å²) in [4.78, 5) is 40.4. The van der Waals surface area contributed by atoms with Crippen LogP contribution in [-0.4, -0.2) is 46.2 Å². The third kappa shape index (κ3) is 2.53. The highest BCUT2D eigenvalue weighted by atomic mass is 32.1. The maximum Gasteiger partial charge on any atom is 0.327 e. The lowest BCUT2D eigenvalue weighted by Gasteiger charge is -2.27. The molecule has 118 valence electrons. The molecule has 0 bridgehead atoms. The molecule has 0 aliphatic carbocycles. The summed E-state index contributed by atoms with van der Waals surface area (Å²) in [5.41, 5.74) is -0.283. The van der Waals surface area contributed by atoms with Gasteiger partial charge < -0.3 is 9.64 Å². The molecule has 8 nitrogen and oxygen atoms in total. The van der Waals surface area contributed by atoms with E-state index in [1.54, 1.807) is 0 Å². The Hall–Kier alpha value is -2.52. The second-order valence-electron chi connectivity index (χ2n) is 5.08. The van der Waals surface area contributed by atoms with Crippen molar-refractivity contribution in [3.05, 3.63) is 38.4 Å². The van der Waals surface area contributed by atoms with Gasteiger partial charge in [0.2, 0.25) is 5.95 Å². The van der Waals surface area contributed by atoms with Crippen molar-refractivity contribution in [1.82, 2.24) is 19.9 Å². The molecule has 2 N–H and O–H groups in total. The standard InChI is InChI=1S/C14H13N5O3S/c20-12-9-10(8-2-1-7-23-8)15-13(19-3-5-22-6-4-19)16-11(9)17-14(21)18-12/h1-2,7H,3-6H2,(H2,15,16,17,18,20,21). The fourth-order valence-electron chi connectivity index (χ4n) is 2.56. The molecule has 23 heavy (non-hydrogen) atoms. The van der Waals surface area contributed by atoms with Crippen molar-refractivity contribution >= 4 is 28.3 Å². The number of ether oxygens (including phenoxy) is 1. The van der Waals surface area contributed by atoms with Gasteiger partial charge in [0.25, 0.3) is 5.56 Å². The zero-order valence-electron chi connectivity index (χ0n) is 12.0. The smallest absolute Gasteiger partial charge is 0.327 e. The monoisotopic (exact) mass is 331 g/mol. The molecular weight excluding hydrogens is 318 g/mol. The summed E-state index contributed by atoms with van der Waals surface area (Å²) in [6, 6.07) is 3.78. The first-order valence-electron chi connectivity index (χ1n) is 7.13. The zero-order valence-corrected chi connectivity index (χ0v) is 12.9. The predicted octanol–water partition coefficient (Wildman–Crippen LogP) is 0.572. The van der Waals surface area contributed by atoms with Crippen LogP contribution in [0, 0.1) is 0 Å². The van der Waals surface area contributed by atoms with E-state index in [2.05, 4.69) is 19.9 Å². The Kier molecular flexibility index (Phi) is 3.43. The van der Waals surface area contributed by atoms with E-state index >= 15 is 0 Å². The highest BCUT2D eigenvalue weighted by Gasteiger charge is 2.19. The van der Waals surface area contributed by atoms with Crippen LogP contribution in [0.4, 0.5) is 5.95 Å². The van der Waals surface area contributed by atoms with E-state index in [0.717, 1.165) is 4.88 Å². The van der Waals surface area contributed by atoms with E-state index in [0.29, 0.717) is 43.3 Å². The maximum atomic E-state index is 12.2. The van der Waals surface area contributed by atoms with Crippen LogP contribution in [0.3, 0.4) is 0 Å². The lowest BCUT2D eigenvalue weighted by Crippen LogP contribution is -2.37. The summed E-state index contributed by atoms with van der Waals surface area (Å²) in [5, 5.41) is 2.21. The number of anilines is 1. The molecule has 4 heterocycles. The van der Waals surface area contributed by atoms with Gasteiger partial charge in [0.1, 0.15) is 11.1 Å². The Morgan fingerprint density at radius 2 is 2.00 bits per heavy atom. The van der Waals surface area contributed by atoms with Gasteiger partial charge in [-0.1, -0.05) is 6.07 Å². The van der Waals surface area contributed by atoms with Crippen molar-refractivity contribution in [2.24, 2.45) is 0 Å². The number of hydrogen-bond donors (Lipinski definition) is 2. The molecule has 0 spiro atoms. The number of hydrogen-bond acceptors (Lipinski definition) is 7. The molecule has 0 unspecified atom stereocenters. The van der Waals surface area contributed by atoms with Crippen molar-refractivity contribution in [3.8, 4) is 10.6 Å². The minimum Gasteiger partial charge on any atom is -0.378 e. The number of H-pyrrole nitrogens is 2. The average Bonchev–Trinajstić information content (AvgIpc) is 3.08. The van der Waals surface area contributed by atoms with Crippen molar-refractivity contribution in [2.75, 3.05) is 31.2 Å². The highest BCUT2D eigenvalue weighted by molar-refractivity contribution is 7.13. The number of rotatable bonds is 2. The van der Waals surface area contributed by atoms with Gasteiger partial charge in [-0.05, 0) is 11.4 Å². The first-order valence-corrected chi connectivity index (χ1v) is 8.01. The largest absolute Gasteiger partial charge is 0.378 e. The molecule has 0 radical (unpaired) electrons. The van der Waals surface area contributed by atoms with Gasteiger partial charge >= 0.3 is 5.69 Å². The van der Waals surface area contributed by atoms with Crippen LogP contribution in [0.1, 0.15) is 0 Å². The van der Waals surface area contributed by atoms with Crippen LogP contribution < -0.4 is 16.1 Å². The normalized spacial score (nSPS) is 15.2. The van der Waals surface area contributed by atoms with Crippen LogP contribution in [-0.2, 0) is 4.74 Å². The minimum atomic E-state index is -0.578. The quantitative estimate of drug-likeness (QED) is 0.711. The van der Waals surface area contributed by atoms with E-state index in [1.807, 2.05) is 22.4 Å². The molecule has 1 aliphatic heterocycles. The van der Waals surface area contributed by atoms with E-state index in [9.17, 15) is 9.59 Å². The number of aromatic amines is 2. The molecule has 9 heteroatoms. The second-order valence-corrected chi connectivity index (χ2v) is 6.03. The van der Waals surface area contributed by atoms with Crippen LogP contribution in [0.15, 0.2) is 27.1 Å². The van der Waals surface area contributed by atoms with E-state index in [-0.39, 0.29) is 5.65 Å². The van der Waals surface area contributed by atoms with Gasteiger partial charge in [-0.15, -0.1) is 11.3 Å². The fraction of sp³-hybridized carbons (Fsp3) is 0.286. The van der Waals surface area contributed by atoms with Gasteiger partial charge in [-0.25, -0.2) is 9.78 Å². The number of fused-ring (bicyclic) bond motifs is 1. The van der Waals surface area contributed by atoms with E-state index in [1.165, 1.54) is 11.3 Å². The highest BCUT2D eigenvalue weighted by Crippen LogP contribution is 2.28. The van der Waals surface area contributed by atoms with Crippen molar-refractivity contribution in [3.63, 3.8) is 0 Å². The number of aromatic nitrogens is 4. The molecule has 1 saturated heterocycles. The minimum absolute atomic E-state index is 0.249. The topological polar surface area (TPSA) is 104 Å². The van der Waals surface area contributed by atoms with Gasteiger partial charge in [0.15, 0.2) is 5.65 Å². The summed E-state index contributed by atoms with van der Waals surface area (Å²) in [7, 11) is 0. The average molecular weight is 331 g/mol. The third-order valence-electron chi connectivity index (χ3n) is 3.63. The molecule has 0 atom stereocenters. The Bertz CT molecular complexity index is 957. The summed E-state index contributed by atoms with van der Waals surface area (Å²) in [6.07, 6.45) is 0. The molecule has 3 aromatic heterocycles. The summed E-state index contributed by atoms with van der Waals surface area (Å²) in [6.45, 7) is 2.54. The first kappa shape index (κ1) is 14.1. The van der Waals surface area contributed by atoms with Gasteiger partial charge in [0, 0.05) is 13.1 Å². The molecule has 4 rings (SSSR count). The maximum absolute atomic E-state index is 12.2.